The zero-order valence-electron chi connectivity index (χ0n) is 14.4. The van der Waals surface area contributed by atoms with E-state index < -0.39 is 20.9 Å². The van der Waals surface area contributed by atoms with Crippen molar-refractivity contribution >= 4 is 21.7 Å². The molecule has 0 saturated carbocycles. The smallest absolute Gasteiger partial charge is 0.335 e. The van der Waals surface area contributed by atoms with E-state index in [4.69, 9.17) is 5.11 Å². The second-order valence-corrected chi connectivity index (χ2v) is 8.26. The van der Waals surface area contributed by atoms with E-state index in [9.17, 15) is 23.3 Å². The van der Waals surface area contributed by atoms with Crippen LogP contribution in [0.25, 0.3) is 11.1 Å². The highest BCUT2D eigenvalue weighted by Gasteiger charge is 2.25. The van der Waals surface area contributed by atoms with E-state index in [1.54, 1.807) is 0 Å². The van der Waals surface area contributed by atoms with Crippen molar-refractivity contribution < 1.29 is 23.2 Å². The van der Waals surface area contributed by atoms with E-state index in [0.29, 0.717) is 24.2 Å². The predicted molar refractivity (Wildman–Crippen MR) is 98.1 cm³/mol. The van der Waals surface area contributed by atoms with E-state index in [2.05, 4.69) is 0 Å². The highest BCUT2D eigenvalue weighted by atomic mass is 32.2. The summed E-state index contributed by atoms with van der Waals surface area (Å²) in [5.74, 6) is -1.27. The summed E-state index contributed by atoms with van der Waals surface area (Å²) in [6.45, 7) is 0.994. The Morgan fingerprint density at radius 1 is 1.00 bits per heavy atom. The van der Waals surface area contributed by atoms with Gasteiger partial charge in [0.1, 0.15) is 0 Å². The first-order valence-electron chi connectivity index (χ1n) is 8.42. The average Bonchev–Trinajstić information content (AvgIpc) is 2.68. The minimum Gasteiger partial charge on any atom is -0.478 e. The summed E-state index contributed by atoms with van der Waals surface area (Å²) in [7, 11) is -3.57. The van der Waals surface area contributed by atoms with Gasteiger partial charge in [-0.1, -0.05) is 18.6 Å². The first kappa shape index (κ1) is 19.0. The Kier molecular flexibility index (Phi) is 5.24. The van der Waals surface area contributed by atoms with Crippen LogP contribution in [0.2, 0.25) is 0 Å². The summed E-state index contributed by atoms with van der Waals surface area (Å²) in [4.78, 5) is 21.7. The van der Waals surface area contributed by atoms with Crippen molar-refractivity contribution in [1.82, 2.24) is 4.31 Å². The number of carboxylic acid groups (broad SMARTS) is 1. The van der Waals surface area contributed by atoms with Crippen LogP contribution in [0.3, 0.4) is 0 Å². The lowest BCUT2D eigenvalue weighted by molar-refractivity contribution is -0.384. The molecule has 1 aliphatic heterocycles. The number of nitro groups is 1. The van der Waals surface area contributed by atoms with E-state index in [0.717, 1.165) is 25.3 Å². The van der Waals surface area contributed by atoms with Gasteiger partial charge in [0.15, 0.2) is 0 Å². The Bertz CT molecular complexity index is 947. The first-order valence-corrected chi connectivity index (χ1v) is 9.86. The van der Waals surface area contributed by atoms with E-state index in [-0.39, 0.29) is 16.1 Å². The molecule has 0 aromatic heterocycles. The lowest BCUT2D eigenvalue weighted by Crippen LogP contribution is -2.35. The molecular formula is C18H18N2O6S. The largest absolute Gasteiger partial charge is 0.478 e. The molecule has 1 aliphatic rings. The van der Waals surface area contributed by atoms with Crippen molar-refractivity contribution in [2.24, 2.45) is 0 Å². The zero-order chi connectivity index (χ0) is 19.6. The summed E-state index contributed by atoms with van der Waals surface area (Å²) >= 11 is 0. The molecule has 3 rings (SSSR count). The second-order valence-electron chi connectivity index (χ2n) is 6.32. The van der Waals surface area contributed by atoms with Gasteiger partial charge in [-0.05, 0) is 42.2 Å². The van der Waals surface area contributed by atoms with Gasteiger partial charge >= 0.3 is 5.97 Å². The molecule has 0 amide bonds. The van der Waals surface area contributed by atoms with Crippen LogP contribution in [-0.2, 0) is 10.0 Å². The van der Waals surface area contributed by atoms with Gasteiger partial charge in [0.25, 0.3) is 5.69 Å². The van der Waals surface area contributed by atoms with E-state index in [1.807, 2.05) is 0 Å². The number of rotatable bonds is 5. The molecule has 8 nitrogen and oxygen atoms in total. The van der Waals surface area contributed by atoms with Crippen LogP contribution < -0.4 is 0 Å². The molecule has 0 atom stereocenters. The summed E-state index contributed by atoms with van der Waals surface area (Å²) in [6.07, 6.45) is 2.69. The summed E-state index contributed by atoms with van der Waals surface area (Å²) in [5.41, 5.74) is 0.293. The predicted octanol–water partition coefficient (Wildman–Crippen LogP) is 3.13. The van der Waals surface area contributed by atoms with Gasteiger partial charge in [-0.3, -0.25) is 10.1 Å². The Balaban J connectivity index is 1.96. The highest BCUT2D eigenvalue weighted by molar-refractivity contribution is 7.89. The minimum absolute atomic E-state index is 0.150. The summed E-state index contributed by atoms with van der Waals surface area (Å²) in [6, 6.07) is 9.52. The third-order valence-corrected chi connectivity index (χ3v) is 6.43. The van der Waals surface area contributed by atoms with Crippen LogP contribution in [0.5, 0.6) is 0 Å². The molecule has 142 valence electrons. The fourth-order valence-corrected chi connectivity index (χ4v) is 4.60. The van der Waals surface area contributed by atoms with Crippen LogP contribution in [0, 0.1) is 10.1 Å². The van der Waals surface area contributed by atoms with E-state index >= 15 is 0 Å². The number of sulfonamides is 1. The number of benzene rings is 2. The van der Waals surface area contributed by atoms with Crippen molar-refractivity contribution in [2.75, 3.05) is 13.1 Å². The second kappa shape index (κ2) is 7.45. The van der Waals surface area contributed by atoms with Gasteiger partial charge in [-0.2, -0.15) is 4.31 Å². The molecule has 1 fully saturated rings. The van der Waals surface area contributed by atoms with Gasteiger partial charge in [0.2, 0.25) is 10.0 Å². The number of nitro benzene ring substituents is 1. The number of hydrogen-bond acceptors (Lipinski definition) is 5. The number of non-ortho nitro benzene ring substituents is 1. The summed E-state index contributed by atoms with van der Waals surface area (Å²) in [5, 5.41) is 20.2. The van der Waals surface area contributed by atoms with Crippen molar-refractivity contribution in [3.63, 3.8) is 0 Å². The van der Waals surface area contributed by atoms with Gasteiger partial charge < -0.3 is 5.11 Å². The molecule has 0 unspecified atom stereocenters. The Morgan fingerprint density at radius 2 is 1.63 bits per heavy atom. The standard InChI is InChI=1S/C18H18N2O6S/c21-18(22)15-10-14(11-16(12-15)20(23)24)13-4-6-17(7-5-13)27(25,26)19-8-2-1-3-9-19/h4-7,10-12H,1-3,8-9H2,(H,21,22). The Morgan fingerprint density at radius 3 is 2.19 bits per heavy atom. The lowest BCUT2D eigenvalue weighted by atomic mass is 10.0. The molecule has 1 N–H and O–H groups in total. The number of carbonyl (C=O) groups is 1. The number of piperidine rings is 1. The van der Waals surface area contributed by atoms with Crippen LogP contribution in [0.15, 0.2) is 47.4 Å². The molecule has 0 spiro atoms. The topological polar surface area (TPSA) is 118 Å². The van der Waals surface area contributed by atoms with Gasteiger partial charge in [0, 0.05) is 25.2 Å². The SMILES string of the molecule is O=C(O)c1cc(-c2ccc(S(=O)(=O)N3CCCCC3)cc2)cc([N+](=O)[O-])c1. The number of nitrogens with zero attached hydrogens (tertiary/aromatic N) is 2. The van der Waals surface area contributed by atoms with Gasteiger partial charge in [-0.25, -0.2) is 13.2 Å². The fourth-order valence-electron chi connectivity index (χ4n) is 3.08. The molecular weight excluding hydrogens is 372 g/mol. The molecule has 9 heteroatoms. The van der Waals surface area contributed by atoms with Gasteiger partial charge in [-0.15, -0.1) is 0 Å². The third kappa shape index (κ3) is 3.99. The summed E-state index contributed by atoms with van der Waals surface area (Å²) < 4.78 is 26.8. The molecule has 1 saturated heterocycles. The van der Waals surface area contributed by atoms with Gasteiger partial charge in [0.05, 0.1) is 15.4 Å². The lowest BCUT2D eigenvalue weighted by Gasteiger charge is -2.25. The molecule has 0 radical (unpaired) electrons. The molecule has 1 heterocycles. The normalized spacial score (nSPS) is 15.4. The third-order valence-electron chi connectivity index (χ3n) is 4.52. The van der Waals surface area contributed by atoms with Crippen molar-refractivity contribution in [1.29, 1.82) is 0 Å². The van der Waals surface area contributed by atoms with Crippen LogP contribution >= 0.6 is 0 Å². The van der Waals surface area contributed by atoms with Crippen LogP contribution in [0.1, 0.15) is 29.6 Å². The maximum Gasteiger partial charge on any atom is 0.335 e. The molecule has 0 bridgehead atoms. The van der Waals surface area contributed by atoms with Crippen LogP contribution in [-0.4, -0.2) is 41.8 Å². The number of carboxylic acids is 1. The molecule has 27 heavy (non-hydrogen) atoms. The molecule has 2 aromatic carbocycles. The minimum atomic E-state index is -3.57. The van der Waals surface area contributed by atoms with Crippen molar-refractivity contribution in [3.8, 4) is 11.1 Å². The Labute approximate surface area is 156 Å². The number of hydrogen-bond donors (Lipinski definition) is 1. The van der Waals surface area contributed by atoms with Crippen molar-refractivity contribution in [2.45, 2.75) is 24.2 Å². The highest BCUT2D eigenvalue weighted by Crippen LogP contribution is 2.28. The van der Waals surface area contributed by atoms with Crippen molar-refractivity contribution in [3.05, 3.63) is 58.1 Å². The molecule has 2 aromatic rings. The van der Waals surface area contributed by atoms with Crippen LogP contribution in [0.4, 0.5) is 5.69 Å². The fraction of sp³-hybridized carbons (Fsp3) is 0.278. The monoisotopic (exact) mass is 390 g/mol. The number of aromatic carboxylic acids is 1. The molecule has 0 aliphatic carbocycles. The first-order chi connectivity index (χ1) is 12.8. The van der Waals surface area contributed by atoms with E-state index in [1.165, 1.54) is 40.7 Å². The zero-order valence-corrected chi connectivity index (χ0v) is 15.2. The maximum absolute atomic E-state index is 12.7. The quantitative estimate of drug-likeness (QED) is 0.619. The maximum atomic E-state index is 12.7. The Hall–Kier alpha value is -2.78. The average molecular weight is 390 g/mol.